The van der Waals surface area contributed by atoms with Crippen molar-refractivity contribution in [2.45, 2.75) is 52.0 Å². The molecule has 1 aliphatic rings. The van der Waals surface area contributed by atoms with E-state index < -0.39 is 0 Å². The highest BCUT2D eigenvalue weighted by molar-refractivity contribution is 5.95. The molecule has 0 aromatic heterocycles. The zero-order valence-electron chi connectivity index (χ0n) is 11.9. The summed E-state index contributed by atoms with van der Waals surface area (Å²) in [5, 5.41) is 3.15. The minimum Gasteiger partial charge on any atom is -0.399 e. The first-order valence-electron chi connectivity index (χ1n) is 7.27. The molecule has 0 atom stereocenters. The third-order valence-corrected chi connectivity index (χ3v) is 4.29. The number of benzene rings is 1. The molecule has 0 heterocycles. The number of nitrogen functional groups attached to an aromatic ring is 1. The second-order valence-electron chi connectivity index (χ2n) is 5.67. The topological polar surface area (TPSA) is 55.1 Å². The molecular weight excluding hydrogens is 236 g/mol. The van der Waals surface area contributed by atoms with Crippen molar-refractivity contribution in [1.82, 2.24) is 5.32 Å². The summed E-state index contributed by atoms with van der Waals surface area (Å²) in [5.41, 5.74) is 8.18. The van der Waals surface area contributed by atoms with Crippen LogP contribution in [-0.2, 0) is 0 Å². The van der Waals surface area contributed by atoms with Gasteiger partial charge in [0.1, 0.15) is 0 Å². The first-order valence-corrected chi connectivity index (χ1v) is 7.27. The van der Waals surface area contributed by atoms with E-state index in [2.05, 4.69) is 12.2 Å². The van der Waals surface area contributed by atoms with Gasteiger partial charge in [-0.05, 0) is 62.3 Å². The summed E-state index contributed by atoms with van der Waals surface area (Å²) < 4.78 is 0. The summed E-state index contributed by atoms with van der Waals surface area (Å²) in [7, 11) is 0. The summed E-state index contributed by atoms with van der Waals surface area (Å²) in [6.07, 6.45) is 5.96. The molecule has 19 heavy (non-hydrogen) atoms. The maximum Gasteiger partial charge on any atom is 0.251 e. The van der Waals surface area contributed by atoms with Gasteiger partial charge in [-0.1, -0.05) is 13.3 Å². The molecule has 1 aliphatic carbocycles. The van der Waals surface area contributed by atoms with E-state index in [1.54, 1.807) is 12.1 Å². The van der Waals surface area contributed by atoms with E-state index in [1.807, 2.05) is 13.0 Å². The molecule has 0 spiro atoms. The Kier molecular flexibility index (Phi) is 4.46. The van der Waals surface area contributed by atoms with Crippen LogP contribution in [0.15, 0.2) is 18.2 Å². The molecule has 1 aromatic rings. The SMILES string of the molecule is CCC1CCC(NC(=O)c2ccc(N)c(C)c2)CC1. The molecule has 1 saturated carbocycles. The Bertz CT molecular complexity index is 448. The van der Waals surface area contributed by atoms with Crippen LogP contribution in [0.25, 0.3) is 0 Å². The summed E-state index contributed by atoms with van der Waals surface area (Å²) in [4.78, 5) is 12.2. The fourth-order valence-electron chi connectivity index (χ4n) is 2.80. The van der Waals surface area contributed by atoms with Gasteiger partial charge in [-0.3, -0.25) is 4.79 Å². The van der Waals surface area contributed by atoms with Crippen molar-refractivity contribution in [3.05, 3.63) is 29.3 Å². The molecule has 0 unspecified atom stereocenters. The minimum atomic E-state index is 0.0306. The molecule has 0 radical (unpaired) electrons. The highest BCUT2D eigenvalue weighted by Crippen LogP contribution is 2.26. The van der Waals surface area contributed by atoms with E-state index in [-0.39, 0.29) is 5.91 Å². The van der Waals surface area contributed by atoms with Gasteiger partial charge in [0, 0.05) is 17.3 Å². The highest BCUT2D eigenvalue weighted by Gasteiger charge is 2.21. The van der Waals surface area contributed by atoms with Crippen molar-refractivity contribution in [3.63, 3.8) is 0 Å². The Labute approximate surface area is 115 Å². The molecule has 0 saturated heterocycles. The Morgan fingerprint density at radius 2 is 2.00 bits per heavy atom. The number of rotatable bonds is 3. The summed E-state index contributed by atoms with van der Waals surface area (Å²) in [5.74, 6) is 0.884. The van der Waals surface area contributed by atoms with Crippen molar-refractivity contribution in [2.24, 2.45) is 5.92 Å². The normalized spacial score (nSPS) is 23.1. The number of nitrogens with one attached hydrogen (secondary N) is 1. The fraction of sp³-hybridized carbons (Fsp3) is 0.562. The average Bonchev–Trinajstić information content (AvgIpc) is 2.42. The quantitative estimate of drug-likeness (QED) is 0.819. The van der Waals surface area contributed by atoms with E-state index in [1.165, 1.54) is 19.3 Å². The number of amides is 1. The lowest BCUT2D eigenvalue weighted by molar-refractivity contribution is 0.0921. The highest BCUT2D eigenvalue weighted by atomic mass is 16.1. The van der Waals surface area contributed by atoms with Crippen molar-refractivity contribution in [2.75, 3.05) is 5.73 Å². The van der Waals surface area contributed by atoms with Crippen LogP contribution < -0.4 is 11.1 Å². The molecule has 2 rings (SSSR count). The van der Waals surface area contributed by atoms with Gasteiger partial charge < -0.3 is 11.1 Å². The molecule has 3 heteroatoms. The van der Waals surface area contributed by atoms with Crippen LogP contribution in [-0.4, -0.2) is 11.9 Å². The Hall–Kier alpha value is -1.51. The zero-order chi connectivity index (χ0) is 13.8. The third kappa shape index (κ3) is 3.49. The van der Waals surface area contributed by atoms with Gasteiger partial charge in [0.05, 0.1) is 0 Å². The number of carbonyl (C=O) groups is 1. The molecule has 3 nitrogen and oxygen atoms in total. The predicted molar refractivity (Wildman–Crippen MR) is 79.1 cm³/mol. The molecule has 104 valence electrons. The number of nitrogens with two attached hydrogens (primary N) is 1. The lowest BCUT2D eigenvalue weighted by atomic mass is 9.84. The van der Waals surface area contributed by atoms with Crippen LogP contribution in [0.1, 0.15) is 54.9 Å². The maximum atomic E-state index is 12.2. The predicted octanol–water partition coefficient (Wildman–Crippen LogP) is 3.28. The van der Waals surface area contributed by atoms with E-state index in [4.69, 9.17) is 5.73 Å². The van der Waals surface area contributed by atoms with Gasteiger partial charge in [0.15, 0.2) is 0 Å². The van der Waals surface area contributed by atoms with Gasteiger partial charge in [-0.25, -0.2) is 0 Å². The summed E-state index contributed by atoms with van der Waals surface area (Å²) in [6.45, 7) is 4.18. The molecule has 1 amide bonds. The Morgan fingerprint density at radius 1 is 1.32 bits per heavy atom. The largest absolute Gasteiger partial charge is 0.399 e. The van der Waals surface area contributed by atoms with E-state index >= 15 is 0 Å². The van der Waals surface area contributed by atoms with Gasteiger partial charge in [-0.2, -0.15) is 0 Å². The van der Waals surface area contributed by atoms with Gasteiger partial charge in [0.25, 0.3) is 5.91 Å². The lowest BCUT2D eigenvalue weighted by Gasteiger charge is -2.28. The number of anilines is 1. The average molecular weight is 260 g/mol. The molecule has 1 fully saturated rings. The Balaban J connectivity index is 1.92. The summed E-state index contributed by atoms with van der Waals surface area (Å²) in [6, 6.07) is 5.81. The lowest BCUT2D eigenvalue weighted by Crippen LogP contribution is -2.37. The van der Waals surface area contributed by atoms with Crippen LogP contribution in [0.4, 0.5) is 5.69 Å². The van der Waals surface area contributed by atoms with Crippen LogP contribution in [0.3, 0.4) is 0 Å². The smallest absolute Gasteiger partial charge is 0.251 e. The second-order valence-corrected chi connectivity index (χ2v) is 5.67. The molecular formula is C16H24N2O. The first-order chi connectivity index (χ1) is 9.10. The number of hydrogen-bond acceptors (Lipinski definition) is 2. The second kappa shape index (κ2) is 6.09. The van der Waals surface area contributed by atoms with Crippen molar-refractivity contribution in [3.8, 4) is 0 Å². The standard InChI is InChI=1S/C16H24N2O/c1-3-12-4-7-14(8-5-12)18-16(19)13-6-9-15(17)11(2)10-13/h6,9-10,12,14H,3-5,7-8,17H2,1-2H3,(H,18,19). The Morgan fingerprint density at radius 3 is 2.58 bits per heavy atom. The summed E-state index contributed by atoms with van der Waals surface area (Å²) >= 11 is 0. The van der Waals surface area contributed by atoms with Crippen molar-refractivity contribution in [1.29, 1.82) is 0 Å². The molecule has 0 bridgehead atoms. The molecule has 0 aliphatic heterocycles. The molecule has 3 N–H and O–H groups in total. The van der Waals surface area contributed by atoms with Crippen LogP contribution in [0.5, 0.6) is 0 Å². The fourth-order valence-corrected chi connectivity index (χ4v) is 2.80. The van der Waals surface area contributed by atoms with Crippen LogP contribution >= 0.6 is 0 Å². The number of carbonyl (C=O) groups excluding carboxylic acids is 1. The van der Waals surface area contributed by atoms with Gasteiger partial charge >= 0.3 is 0 Å². The third-order valence-electron chi connectivity index (χ3n) is 4.29. The molecule has 1 aromatic carbocycles. The van der Waals surface area contributed by atoms with E-state index in [0.717, 1.165) is 30.0 Å². The van der Waals surface area contributed by atoms with E-state index in [9.17, 15) is 4.79 Å². The van der Waals surface area contributed by atoms with Crippen LogP contribution in [0.2, 0.25) is 0 Å². The minimum absolute atomic E-state index is 0.0306. The van der Waals surface area contributed by atoms with Gasteiger partial charge in [0.2, 0.25) is 0 Å². The van der Waals surface area contributed by atoms with Crippen LogP contribution in [0, 0.1) is 12.8 Å². The number of aryl methyl sites for hydroxylation is 1. The first kappa shape index (κ1) is 13.9. The number of hydrogen-bond donors (Lipinski definition) is 2. The maximum absolute atomic E-state index is 12.2. The monoisotopic (exact) mass is 260 g/mol. The van der Waals surface area contributed by atoms with Crippen molar-refractivity contribution < 1.29 is 4.79 Å². The zero-order valence-corrected chi connectivity index (χ0v) is 11.9. The van der Waals surface area contributed by atoms with Gasteiger partial charge in [-0.15, -0.1) is 0 Å². The van der Waals surface area contributed by atoms with E-state index in [0.29, 0.717) is 11.6 Å². The van der Waals surface area contributed by atoms with Crippen molar-refractivity contribution >= 4 is 11.6 Å².